The topological polar surface area (TPSA) is 63.2 Å². The van der Waals surface area contributed by atoms with Gasteiger partial charge in [0.15, 0.2) is 11.9 Å². The van der Waals surface area contributed by atoms with Crippen molar-refractivity contribution in [1.29, 1.82) is 0 Å². The van der Waals surface area contributed by atoms with E-state index in [-0.39, 0.29) is 6.10 Å². The molecule has 27 heavy (non-hydrogen) atoms. The summed E-state index contributed by atoms with van der Waals surface area (Å²) in [6.07, 6.45) is 10.0. The average molecular weight is 380 g/mol. The second kappa shape index (κ2) is 6.77. The average Bonchev–Trinajstić information content (AvgIpc) is 3.51. The fourth-order valence-corrected chi connectivity index (χ4v) is 6.87. The number of hydrogen-bond donors (Lipinski definition) is 0. The van der Waals surface area contributed by atoms with E-state index in [1.807, 2.05) is 0 Å². The van der Waals surface area contributed by atoms with Crippen LogP contribution in [0.3, 0.4) is 0 Å². The summed E-state index contributed by atoms with van der Waals surface area (Å²) in [5, 5.41) is 0. The molecule has 152 valence electrons. The molecule has 0 saturated carbocycles. The van der Waals surface area contributed by atoms with E-state index in [1.165, 1.54) is 0 Å². The van der Waals surface area contributed by atoms with E-state index in [1.54, 1.807) is 0 Å². The van der Waals surface area contributed by atoms with Gasteiger partial charge < -0.3 is 28.5 Å². The Hall–Kier alpha value is -0.530. The van der Waals surface area contributed by atoms with E-state index in [9.17, 15) is 4.79 Å². The summed E-state index contributed by atoms with van der Waals surface area (Å²) < 4.78 is 32.3. The zero-order valence-electron chi connectivity index (χ0n) is 16.2. The van der Waals surface area contributed by atoms with Crippen molar-refractivity contribution in [1.82, 2.24) is 0 Å². The van der Waals surface area contributed by atoms with Gasteiger partial charge in [-0.3, -0.25) is 0 Å². The molecule has 6 heteroatoms. The minimum atomic E-state index is -0.939. The smallest absolute Gasteiger partial charge is 0.155 e. The van der Waals surface area contributed by atoms with Crippen molar-refractivity contribution in [2.75, 3.05) is 33.0 Å². The van der Waals surface area contributed by atoms with Crippen LogP contribution in [-0.4, -0.2) is 67.8 Å². The van der Waals surface area contributed by atoms with Crippen LogP contribution in [0.2, 0.25) is 0 Å². The molecule has 5 heterocycles. The zero-order valence-corrected chi connectivity index (χ0v) is 16.2. The number of aldehydes is 1. The van der Waals surface area contributed by atoms with Crippen LogP contribution < -0.4 is 0 Å². The molecule has 0 unspecified atom stereocenters. The first-order valence-corrected chi connectivity index (χ1v) is 10.9. The molecule has 5 rings (SSSR count). The van der Waals surface area contributed by atoms with E-state index in [0.29, 0.717) is 26.2 Å². The predicted octanol–water partition coefficient (Wildman–Crippen LogP) is 2.56. The molecule has 5 aliphatic rings. The van der Waals surface area contributed by atoms with Crippen LogP contribution >= 0.6 is 0 Å². The van der Waals surface area contributed by atoms with Gasteiger partial charge in [-0.15, -0.1) is 0 Å². The van der Waals surface area contributed by atoms with Gasteiger partial charge >= 0.3 is 0 Å². The Balaban J connectivity index is 1.68. The lowest BCUT2D eigenvalue weighted by molar-refractivity contribution is -0.314. The number of rotatable bonds is 5. The highest BCUT2D eigenvalue weighted by Gasteiger charge is 2.77. The van der Waals surface area contributed by atoms with Gasteiger partial charge in [0.1, 0.15) is 16.8 Å². The summed E-state index contributed by atoms with van der Waals surface area (Å²) in [6.45, 7) is 3.42. The Morgan fingerprint density at radius 3 is 1.85 bits per heavy atom. The van der Waals surface area contributed by atoms with E-state index in [2.05, 4.69) is 0 Å². The molecule has 0 aromatic rings. The van der Waals surface area contributed by atoms with Crippen molar-refractivity contribution in [2.45, 2.75) is 92.7 Å². The van der Waals surface area contributed by atoms with E-state index in [4.69, 9.17) is 23.7 Å². The normalized spacial score (nSPS) is 50.6. The van der Waals surface area contributed by atoms with Crippen LogP contribution in [0.1, 0.15) is 64.2 Å². The maximum atomic E-state index is 12.5. The summed E-state index contributed by atoms with van der Waals surface area (Å²) in [5.74, 6) is 0. The lowest BCUT2D eigenvalue weighted by Gasteiger charge is -2.59. The molecule has 0 aromatic carbocycles. The number of carbonyl (C=O) groups excluding carboxylic acids is 1. The Labute approximate surface area is 161 Å². The van der Waals surface area contributed by atoms with Crippen LogP contribution in [0.15, 0.2) is 0 Å². The van der Waals surface area contributed by atoms with Crippen molar-refractivity contribution in [3.8, 4) is 0 Å². The lowest BCUT2D eigenvalue weighted by atomic mass is 9.58. The lowest BCUT2D eigenvalue weighted by Crippen LogP contribution is -2.77. The maximum Gasteiger partial charge on any atom is 0.155 e. The second-order valence-corrected chi connectivity index (χ2v) is 8.86. The third kappa shape index (κ3) is 2.28. The molecule has 5 atom stereocenters. The van der Waals surface area contributed by atoms with Crippen LogP contribution in [0.5, 0.6) is 0 Å². The molecular formula is C21H32O6. The maximum absolute atomic E-state index is 12.5. The van der Waals surface area contributed by atoms with Crippen LogP contribution in [0.25, 0.3) is 0 Å². The highest BCUT2D eigenvalue weighted by atomic mass is 16.6. The molecular weight excluding hydrogens is 348 g/mol. The zero-order chi connectivity index (χ0) is 18.4. The molecule has 0 amide bonds. The predicted molar refractivity (Wildman–Crippen MR) is 96.7 cm³/mol. The van der Waals surface area contributed by atoms with Crippen molar-refractivity contribution >= 4 is 6.29 Å². The monoisotopic (exact) mass is 380 g/mol. The Bertz CT molecular complexity index is 545. The molecule has 5 fully saturated rings. The minimum absolute atomic E-state index is 0.00396. The third-order valence-corrected chi connectivity index (χ3v) is 7.81. The fraction of sp³-hybridized carbons (Fsp3) is 0.952. The summed E-state index contributed by atoms with van der Waals surface area (Å²) in [5.41, 5.74) is -2.96. The van der Waals surface area contributed by atoms with Crippen molar-refractivity contribution in [3.05, 3.63) is 0 Å². The molecule has 0 spiro atoms. The number of carbonyl (C=O) groups is 1. The van der Waals surface area contributed by atoms with Gasteiger partial charge in [-0.2, -0.15) is 0 Å². The highest BCUT2D eigenvalue weighted by molar-refractivity contribution is 5.67. The Morgan fingerprint density at radius 2 is 1.33 bits per heavy atom. The summed E-state index contributed by atoms with van der Waals surface area (Å²) in [6, 6.07) is 0. The first-order chi connectivity index (χ1) is 13.2. The summed E-state index contributed by atoms with van der Waals surface area (Å²) >= 11 is 0. The summed E-state index contributed by atoms with van der Waals surface area (Å²) in [4.78, 5) is 12.5. The van der Waals surface area contributed by atoms with Gasteiger partial charge in [-0.25, -0.2) is 0 Å². The van der Waals surface area contributed by atoms with Crippen molar-refractivity contribution in [3.63, 3.8) is 0 Å². The number of hydrogen-bond acceptors (Lipinski definition) is 6. The SMILES string of the molecule is O=C[C@]1([C@@]2([C@@]3([C@]4([C@@H]5CCCO5)CCCO4)CCCO3)CCCO2)CCCO1. The quantitative estimate of drug-likeness (QED) is 0.683. The van der Waals surface area contributed by atoms with Crippen LogP contribution in [-0.2, 0) is 28.5 Å². The molecule has 0 bridgehead atoms. The van der Waals surface area contributed by atoms with Gasteiger partial charge in [-0.05, 0) is 64.2 Å². The minimum Gasteiger partial charge on any atom is -0.375 e. The van der Waals surface area contributed by atoms with Crippen molar-refractivity contribution in [2.24, 2.45) is 0 Å². The van der Waals surface area contributed by atoms with Gasteiger partial charge in [0.2, 0.25) is 0 Å². The van der Waals surface area contributed by atoms with Crippen LogP contribution in [0.4, 0.5) is 0 Å². The molecule has 0 aliphatic carbocycles. The molecule has 5 saturated heterocycles. The standard InChI is InChI=1S/C21H32O6/c22-16-18(7-2-12-24-18)20(9-4-14-26-20)21(10-5-15-27-21)19(8-3-13-25-19)17-6-1-11-23-17/h16-17H,1-15H2/t17-,18-,19+,20+,21-/m0/s1. The third-order valence-electron chi connectivity index (χ3n) is 7.81. The summed E-state index contributed by atoms with van der Waals surface area (Å²) in [7, 11) is 0. The van der Waals surface area contributed by atoms with E-state index >= 15 is 0 Å². The largest absolute Gasteiger partial charge is 0.375 e. The molecule has 0 aromatic heterocycles. The van der Waals surface area contributed by atoms with E-state index < -0.39 is 22.4 Å². The first kappa shape index (κ1) is 18.5. The highest BCUT2D eigenvalue weighted by Crippen LogP contribution is 2.62. The molecule has 0 radical (unpaired) electrons. The van der Waals surface area contributed by atoms with Gasteiger partial charge in [0.05, 0.1) is 6.10 Å². The fourth-order valence-electron chi connectivity index (χ4n) is 6.87. The molecule has 6 nitrogen and oxygen atoms in total. The second-order valence-electron chi connectivity index (χ2n) is 8.86. The molecule has 0 N–H and O–H groups in total. The van der Waals surface area contributed by atoms with Gasteiger partial charge in [0, 0.05) is 33.0 Å². The first-order valence-electron chi connectivity index (χ1n) is 10.9. The Kier molecular flexibility index (Phi) is 4.64. The Morgan fingerprint density at radius 1 is 0.667 bits per heavy atom. The van der Waals surface area contributed by atoms with Crippen molar-refractivity contribution < 1.29 is 28.5 Å². The molecule has 5 aliphatic heterocycles. The van der Waals surface area contributed by atoms with Crippen LogP contribution in [0, 0.1) is 0 Å². The van der Waals surface area contributed by atoms with Gasteiger partial charge in [-0.1, -0.05) is 0 Å². The van der Waals surface area contributed by atoms with E-state index in [0.717, 1.165) is 77.3 Å². The van der Waals surface area contributed by atoms with Gasteiger partial charge in [0.25, 0.3) is 0 Å². The number of ether oxygens (including phenoxy) is 5.